The molecule has 6 nitrogen and oxygen atoms in total. The van der Waals surface area contributed by atoms with Gasteiger partial charge in [-0.25, -0.2) is 13.8 Å². The van der Waals surface area contributed by atoms with Gasteiger partial charge in [0.15, 0.2) is 23.8 Å². The van der Waals surface area contributed by atoms with Gasteiger partial charge in [0.25, 0.3) is 0 Å². The highest BCUT2D eigenvalue weighted by molar-refractivity contribution is 5.48. The van der Waals surface area contributed by atoms with Crippen LogP contribution in [0.5, 0.6) is 11.5 Å². The number of hydrogen-bond donors (Lipinski definition) is 0. The van der Waals surface area contributed by atoms with Crippen LogP contribution in [0.2, 0.25) is 0 Å². The second kappa shape index (κ2) is 5.47. The van der Waals surface area contributed by atoms with E-state index in [0.717, 1.165) is 18.0 Å². The molecule has 24 heavy (non-hydrogen) atoms. The zero-order valence-electron chi connectivity index (χ0n) is 13.2. The number of halogens is 2. The first-order valence-corrected chi connectivity index (χ1v) is 7.59. The summed E-state index contributed by atoms with van der Waals surface area (Å²) in [5.74, 6) is -0.255. The number of nitrogens with zero attached hydrogens (tertiary/aromatic N) is 4. The van der Waals surface area contributed by atoms with Gasteiger partial charge in [-0.15, -0.1) is 0 Å². The number of benzene rings is 1. The molecule has 2 aliphatic rings. The summed E-state index contributed by atoms with van der Waals surface area (Å²) >= 11 is 0. The average molecular weight is 334 g/mol. The maximum absolute atomic E-state index is 13.9. The van der Waals surface area contributed by atoms with Gasteiger partial charge in [-0.3, -0.25) is 0 Å². The van der Waals surface area contributed by atoms with Crippen LogP contribution in [-0.2, 0) is 0 Å². The van der Waals surface area contributed by atoms with Gasteiger partial charge in [-0.05, 0) is 18.2 Å². The minimum absolute atomic E-state index is 0.158. The van der Waals surface area contributed by atoms with Gasteiger partial charge in [0.1, 0.15) is 5.82 Å². The number of ether oxygens (including phenoxy) is 2. The third-order valence-electron chi connectivity index (χ3n) is 4.12. The smallest absolute Gasteiger partial charge is 0.226 e. The quantitative estimate of drug-likeness (QED) is 0.835. The molecule has 0 saturated carbocycles. The van der Waals surface area contributed by atoms with E-state index in [4.69, 9.17) is 9.47 Å². The number of rotatable bonds is 2. The first-order chi connectivity index (χ1) is 11.5. The zero-order valence-corrected chi connectivity index (χ0v) is 13.2. The highest BCUT2D eigenvalue weighted by Gasteiger charge is 2.42. The van der Waals surface area contributed by atoms with Gasteiger partial charge in [0, 0.05) is 20.3 Å². The third-order valence-corrected chi connectivity index (χ3v) is 4.12. The Balaban J connectivity index is 1.59. The molecule has 0 amide bonds. The molecule has 0 spiro atoms. The topological polar surface area (TPSA) is 50.7 Å². The second-order valence-electron chi connectivity index (χ2n) is 6.01. The van der Waals surface area contributed by atoms with Crippen LogP contribution in [0.3, 0.4) is 0 Å². The summed E-state index contributed by atoms with van der Waals surface area (Å²) in [6.07, 6.45) is 0.910. The molecule has 4 rings (SSSR count). The summed E-state index contributed by atoms with van der Waals surface area (Å²) in [5.41, 5.74) is 0. The van der Waals surface area contributed by atoms with Crippen molar-refractivity contribution in [1.82, 2.24) is 9.97 Å². The van der Waals surface area contributed by atoms with Crippen molar-refractivity contribution in [1.29, 1.82) is 0 Å². The molecule has 1 saturated heterocycles. The first kappa shape index (κ1) is 14.9. The Morgan fingerprint density at radius 1 is 1.04 bits per heavy atom. The van der Waals surface area contributed by atoms with Crippen molar-refractivity contribution in [3.8, 4) is 11.5 Å². The zero-order chi connectivity index (χ0) is 16.8. The van der Waals surface area contributed by atoms with Crippen LogP contribution >= 0.6 is 0 Å². The Hall–Kier alpha value is -2.64. The first-order valence-electron chi connectivity index (χ1n) is 7.59. The minimum Gasteiger partial charge on any atom is -0.478 e. The Bertz CT molecular complexity index is 748. The molecular weight excluding hydrogens is 318 g/mol. The van der Waals surface area contributed by atoms with E-state index in [1.54, 1.807) is 17.2 Å². The molecule has 0 unspecified atom stereocenters. The number of aromatic nitrogens is 2. The lowest BCUT2D eigenvalue weighted by molar-refractivity contribution is 0.0467. The van der Waals surface area contributed by atoms with E-state index in [-0.39, 0.29) is 23.7 Å². The van der Waals surface area contributed by atoms with Gasteiger partial charge in [0.05, 0.1) is 13.1 Å². The van der Waals surface area contributed by atoms with Gasteiger partial charge in [0.2, 0.25) is 17.4 Å². The fourth-order valence-electron chi connectivity index (χ4n) is 2.93. The van der Waals surface area contributed by atoms with E-state index < -0.39 is 11.6 Å². The van der Waals surface area contributed by atoms with E-state index >= 15 is 0 Å². The van der Waals surface area contributed by atoms with Gasteiger partial charge in [-0.1, -0.05) is 0 Å². The van der Waals surface area contributed by atoms with Crippen molar-refractivity contribution in [3.05, 3.63) is 36.0 Å². The van der Waals surface area contributed by atoms with Crippen molar-refractivity contribution in [2.75, 3.05) is 37.0 Å². The van der Waals surface area contributed by atoms with Crippen molar-refractivity contribution < 1.29 is 18.3 Å². The molecule has 8 heteroatoms. The van der Waals surface area contributed by atoms with Crippen LogP contribution in [0.1, 0.15) is 0 Å². The Labute approximate surface area is 137 Å². The van der Waals surface area contributed by atoms with Crippen LogP contribution < -0.4 is 19.3 Å². The van der Waals surface area contributed by atoms with E-state index in [2.05, 4.69) is 9.97 Å². The molecule has 0 bridgehead atoms. The molecular formula is C16H16F2N4O2. The van der Waals surface area contributed by atoms with E-state index in [0.29, 0.717) is 19.0 Å². The molecule has 1 aromatic heterocycles. The van der Waals surface area contributed by atoms with Crippen LogP contribution in [-0.4, -0.2) is 49.4 Å². The molecule has 2 aliphatic heterocycles. The van der Waals surface area contributed by atoms with Crippen molar-refractivity contribution in [2.45, 2.75) is 12.2 Å². The lowest BCUT2D eigenvalue weighted by atomic mass is 10.2. The largest absolute Gasteiger partial charge is 0.478 e. The molecule has 126 valence electrons. The molecule has 3 heterocycles. The van der Waals surface area contributed by atoms with E-state index in [1.165, 1.54) is 0 Å². The molecule has 0 aliphatic carbocycles. The van der Waals surface area contributed by atoms with Crippen LogP contribution in [0.15, 0.2) is 24.4 Å². The third kappa shape index (κ3) is 2.38. The molecule has 2 atom stereocenters. The highest BCUT2D eigenvalue weighted by Crippen LogP contribution is 2.40. The Kier molecular flexibility index (Phi) is 3.40. The van der Waals surface area contributed by atoms with Crippen molar-refractivity contribution >= 4 is 11.8 Å². The van der Waals surface area contributed by atoms with Gasteiger partial charge in [-0.2, -0.15) is 4.98 Å². The van der Waals surface area contributed by atoms with Crippen LogP contribution in [0, 0.1) is 11.6 Å². The van der Waals surface area contributed by atoms with Crippen LogP contribution in [0.25, 0.3) is 0 Å². The Morgan fingerprint density at radius 2 is 1.62 bits per heavy atom. The number of anilines is 2. The van der Waals surface area contributed by atoms with Crippen molar-refractivity contribution in [3.63, 3.8) is 0 Å². The average Bonchev–Trinajstić information content (AvgIpc) is 3.00. The monoisotopic (exact) mass is 334 g/mol. The predicted molar refractivity (Wildman–Crippen MR) is 83.8 cm³/mol. The number of hydrogen-bond acceptors (Lipinski definition) is 6. The minimum atomic E-state index is -0.625. The molecule has 0 radical (unpaired) electrons. The second-order valence-corrected chi connectivity index (χ2v) is 6.01. The Morgan fingerprint density at radius 3 is 2.17 bits per heavy atom. The SMILES string of the molecule is CN(C)c1nccc(N2C[C@@H]3Oc4c(F)ccc(F)c4O[C@@H]3C2)n1. The van der Waals surface area contributed by atoms with Gasteiger partial charge < -0.3 is 19.3 Å². The lowest BCUT2D eigenvalue weighted by Gasteiger charge is -2.28. The summed E-state index contributed by atoms with van der Waals surface area (Å²) in [5, 5.41) is 0. The number of fused-ring (bicyclic) bond motifs is 2. The molecule has 2 aromatic rings. The molecule has 0 N–H and O–H groups in total. The molecule has 1 aromatic carbocycles. The fourth-order valence-corrected chi connectivity index (χ4v) is 2.93. The summed E-state index contributed by atoms with van der Waals surface area (Å²) < 4.78 is 39.0. The summed E-state index contributed by atoms with van der Waals surface area (Å²) in [7, 11) is 3.72. The van der Waals surface area contributed by atoms with Gasteiger partial charge >= 0.3 is 0 Å². The highest BCUT2D eigenvalue weighted by atomic mass is 19.1. The predicted octanol–water partition coefficient (Wildman–Crippen LogP) is 1.85. The fraction of sp³-hybridized carbons (Fsp3) is 0.375. The maximum Gasteiger partial charge on any atom is 0.226 e. The van der Waals surface area contributed by atoms with E-state index in [9.17, 15) is 8.78 Å². The van der Waals surface area contributed by atoms with Crippen LogP contribution in [0.4, 0.5) is 20.5 Å². The maximum atomic E-state index is 13.9. The van der Waals surface area contributed by atoms with Crippen molar-refractivity contribution in [2.24, 2.45) is 0 Å². The normalized spacial score (nSPS) is 21.6. The summed E-state index contributed by atoms with van der Waals surface area (Å²) in [6, 6.07) is 3.87. The van der Waals surface area contributed by atoms with E-state index in [1.807, 2.05) is 19.0 Å². The standard InChI is InChI=1S/C16H16F2N4O2/c1-21(2)16-19-6-5-13(20-16)22-7-11-12(8-22)24-15-10(18)4-3-9(17)14(15)23-11/h3-6,11-12H,7-8H2,1-2H3/t11-,12+. The lowest BCUT2D eigenvalue weighted by Crippen LogP contribution is -2.39. The summed E-state index contributed by atoms with van der Waals surface area (Å²) in [6.45, 7) is 0.952. The molecule has 1 fully saturated rings. The summed E-state index contributed by atoms with van der Waals surface area (Å²) in [4.78, 5) is 12.4.